The number of rotatable bonds is 6. The highest BCUT2D eigenvalue weighted by atomic mass is 35.5. The average Bonchev–Trinajstić information content (AvgIpc) is 2.73. The molecular weight excluding hydrogens is 394 g/mol. The molecule has 1 aromatic carbocycles. The number of hydroxylamine groups is 2. The highest BCUT2D eigenvalue weighted by Gasteiger charge is 2.49. The minimum Gasteiger partial charge on any atom is -0.441 e. The van der Waals surface area contributed by atoms with Crippen LogP contribution in [0.25, 0.3) is 5.57 Å². The first-order valence-corrected chi connectivity index (χ1v) is 9.83. The van der Waals surface area contributed by atoms with Crippen molar-refractivity contribution in [1.29, 1.82) is 0 Å². The van der Waals surface area contributed by atoms with Crippen molar-refractivity contribution in [3.63, 3.8) is 0 Å². The Kier molecular flexibility index (Phi) is 7.10. The number of carbonyl (C=O) groups excluding carboxylic acids is 1. The molecule has 0 bridgehead atoms. The van der Waals surface area contributed by atoms with Crippen molar-refractivity contribution in [2.24, 2.45) is 0 Å². The zero-order chi connectivity index (χ0) is 19.5. The van der Waals surface area contributed by atoms with Crippen molar-refractivity contribution in [1.82, 2.24) is 5.06 Å². The van der Waals surface area contributed by atoms with Crippen molar-refractivity contribution in [3.05, 3.63) is 40.1 Å². The number of methoxy groups -OCH3 is 1. The number of benzene rings is 1. The maximum Gasteiger partial charge on any atom is 0.282 e. The van der Waals surface area contributed by atoms with Gasteiger partial charge in [-0.05, 0) is 50.4 Å². The van der Waals surface area contributed by atoms with E-state index < -0.39 is 5.54 Å². The van der Waals surface area contributed by atoms with Gasteiger partial charge in [0.15, 0.2) is 6.79 Å². The second-order valence-corrected chi connectivity index (χ2v) is 8.44. The van der Waals surface area contributed by atoms with E-state index in [0.717, 1.165) is 11.3 Å². The van der Waals surface area contributed by atoms with Gasteiger partial charge in [0.05, 0.1) is 5.57 Å². The number of thioether (sulfide) groups is 1. The van der Waals surface area contributed by atoms with Crippen LogP contribution < -0.4 is 0 Å². The Labute approximate surface area is 168 Å². The van der Waals surface area contributed by atoms with Gasteiger partial charge >= 0.3 is 0 Å². The number of nitrogens with zero attached hydrogens (tertiary/aromatic N) is 1. The van der Waals surface area contributed by atoms with E-state index in [4.69, 9.17) is 38.1 Å². The van der Waals surface area contributed by atoms with Crippen LogP contribution in [0.5, 0.6) is 0 Å². The van der Waals surface area contributed by atoms with Gasteiger partial charge in [-0.25, -0.2) is 9.90 Å². The van der Waals surface area contributed by atoms with Gasteiger partial charge in [-0.2, -0.15) is 0 Å². The number of carbonyl (C=O) groups is 1. The fourth-order valence-corrected chi connectivity index (χ4v) is 3.79. The molecule has 1 aliphatic heterocycles. The fourth-order valence-electron chi connectivity index (χ4n) is 2.64. The lowest BCUT2D eigenvalue weighted by Crippen LogP contribution is -2.44. The van der Waals surface area contributed by atoms with Crippen LogP contribution >= 0.6 is 35.6 Å². The van der Waals surface area contributed by atoms with Crippen molar-refractivity contribution < 1.29 is 19.1 Å². The summed E-state index contributed by atoms with van der Waals surface area (Å²) < 4.78 is 11.2. The van der Waals surface area contributed by atoms with E-state index in [1.807, 2.05) is 33.8 Å². The Morgan fingerprint density at radius 3 is 2.65 bits per heavy atom. The van der Waals surface area contributed by atoms with E-state index in [1.54, 1.807) is 12.1 Å². The molecule has 0 N–H and O–H groups in total. The summed E-state index contributed by atoms with van der Waals surface area (Å²) >= 11 is 13.1. The molecular formula is C18H22ClNO4S2. The third kappa shape index (κ3) is 4.23. The molecule has 1 heterocycles. The lowest BCUT2D eigenvalue weighted by molar-refractivity contribution is -0.238. The van der Waals surface area contributed by atoms with Gasteiger partial charge in [-0.1, -0.05) is 42.4 Å². The maximum absolute atomic E-state index is 13.1. The number of halogens is 1. The molecule has 5 nitrogen and oxygen atoms in total. The van der Waals surface area contributed by atoms with Gasteiger partial charge in [0, 0.05) is 17.7 Å². The number of aryl methyl sites for hydroxylation is 1. The standard InChI is InChI=1S/C18H22ClNO4S2/c1-6-26-17(25)24-15-14(12-8-7-11(2)9-13(12)19)16(21)20(18(15,3)4)23-10-22-5/h7-9H,6,10H2,1-5H3. The van der Waals surface area contributed by atoms with Crippen LogP contribution in [0.1, 0.15) is 31.9 Å². The predicted octanol–water partition coefficient (Wildman–Crippen LogP) is 4.57. The second-order valence-electron chi connectivity index (χ2n) is 6.17. The van der Waals surface area contributed by atoms with E-state index >= 15 is 0 Å². The number of hydrogen-bond donors (Lipinski definition) is 0. The molecule has 1 aromatic rings. The van der Waals surface area contributed by atoms with E-state index in [9.17, 15) is 4.79 Å². The lowest BCUT2D eigenvalue weighted by atomic mass is 9.98. The number of thiocarbonyl (C=S) groups is 1. The van der Waals surface area contributed by atoms with Crippen LogP contribution in [0.4, 0.5) is 0 Å². The zero-order valence-electron chi connectivity index (χ0n) is 15.4. The molecule has 8 heteroatoms. The summed E-state index contributed by atoms with van der Waals surface area (Å²) in [6.45, 7) is 7.49. The summed E-state index contributed by atoms with van der Waals surface area (Å²) in [6.07, 6.45) is 0. The van der Waals surface area contributed by atoms with Crippen molar-refractivity contribution in [3.8, 4) is 0 Å². The summed E-state index contributed by atoms with van der Waals surface area (Å²) in [5.74, 6) is 0.831. The topological polar surface area (TPSA) is 48.0 Å². The Bertz CT molecular complexity index is 749. The Morgan fingerprint density at radius 1 is 1.38 bits per heavy atom. The van der Waals surface area contributed by atoms with E-state index in [1.165, 1.54) is 23.9 Å². The summed E-state index contributed by atoms with van der Waals surface area (Å²) in [7, 11) is 1.49. The van der Waals surface area contributed by atoms with Crippen LogP contribution in [-0.4, -0.2) is 40.5 Å². The molecule has 1 aliphatic rings. The summed E-state index contributed by atoms with van der Waals surface area (Å²) in [5, 5.41) is 1.71. The number of hydrogen-bond acceptors (Lipinski definition) is 6. The molecule has 2 rings (SSSR count). The minimum absolute atomic E-state index is 0.0640. The van der Waals surface area contributed by atoms with E-state index in [0.29, 0.717) is 26.3 Å². The largest absolute Gasteiger partial charge is 0.441 e. The summed E-state index contributed by atoms with van der Waals surface area (Å²) in [5.41, 5.74) is 1.04. The predicted molar refractivity (Wildman–Crippen MR) is 109 cm³/mol. The SMILES string of the molecule is CCSC(=S)OC1=C(c2ccc(C)cc2Cl)C(=O)N(OCOC)C1(C)C. The van der Waals surface area contributed by atoms with E-state index in [-0.39, 0.29) is 12.7 Å². The zero-order valence-corrected chi connectivity index (χ0v) is 17.8. The van der Waals surface area contributed by atoms with E-state index in [2.05, 4.69) is 0 Å². The quantitative estimate of drug-likeness (QED) is 0.501. The first-order chi connectivity index (χ1) is 12.2. The Hall–Kier alpha value is -1.12. The molecule has 26 heavy (non-hydrogen) atoms. The first kappa shape index (κ1) is 21.2. The average molecular weight is 416 g/mol. The van der Waals surface area contributed by atoms with Crippen LogP contribution in [0, 0.1) is 6.92 Å². The molecule has 1 amide bonds. The molecule has 0 saturated heterocycles. The molecule has 0 aliphatic carbocycles. The first-order valence-electron chi connectivity index (χ1n) is 8.06. The minimum atomic E-state index is -0.877. The van der Waals surface area contributed by atoms with Gasteiger partial charge in [-0.15, -0.1) is 0 Å². The normalized spacial score (nSPS) is 16.4. The second kappa shape index (κ2) is 8.71. The van der Waals surface area contributed by atoms with Gasteiger partial charge in [0.1, 0.15) is 11.3 Å². The fraction of sp³-hybridized carbons (Fsp3) is 0.444. The number of amides is 1. The van der Waals surface area contributed by atoms with Crippen molar-refractivity contribution >= 4 is 51.4 Å². The molecule has 0 aromatic heterocycles. The van der Waals surface area contributed by atoms with Crippen LogP contribution in [-0.2, 0) is 19.1 Å². The molecule has 0 atom stereocenters. The number of ether oxygens (including phenoxy) is 2. The monoisotopic (exact) mass is 415 g/mol. The molecule has 0 saturated carbocycles. The van der Waals surface area contributed by atoms with Gasteiger partial charge in [0.25, 0.3) is 5.91 Å². The summed E-state index contributed by atoms with van der Waals surface area (Å²) in [6, 6.07) is 5.50. The maximum atomic E-state index is 13.1. The molecule has 0 spiro atoms. The Balaban J connectivity index is 2.57. The molecule has 142 valence electrons. The third-order valence-corrected chi connectivity index (χ3v) is 5.19. The molecule has 0 unspecified atom stereocenters. The highest BCUT2D eigenvalue weighted by Crippen LogP contribution is 2.43. The molecule has 0 fully saturated rings. The van der Waals surface area contributed by atoms with Crippen LogP contribution in [0.15, 0.2) is 24.0 Å². The summed E-state index contributed by atoms with van der Waals surface area (Å²) in [4.78, 5) is 18.6. The van der Waals surface area contributed by atoms with Crippen molar-refractivity contribution in [2.75, 3.05) is 19.7 Å². The third-order valence-electron chi connectivity index (χ3n) is 3.83. The van der Waals surface area contributed by atoms with Gasteiger partial charge in [0.2, 0.25) is 4.38 Å². The van der Waals surface area contributed by atoms with Crippen LogP contribution in [0.2, 0.25) is 5.02 Å². The van der Waals surface area contributed by atoms with Crippen LogP contribution in [0.3, 0.4) is 0 Å². The van der Waals surface area contributed by atoms with Crippen molar-refractivity contribution in [2.45, 2.75) is 33.2 Å². The smallest absolute Gasteiger partial charge is 0.282 e. The highest BCUT2D eigenvalue weighted by molar-refractivity contribution is 8.22. The molecule has 0 radical (unpaired) electrons. The van der Waals surface area contributed by atoms with Gasteiger partial charge < -0.3 is 9.47 Å². The Morgan fingerprint density at radius 2 is 2.08 bits per heavy atom. The lowest BCUT2D eigenvalue weighted by Gasteiger charge is -2.31. The van der Waals surface area contributed by atoms with Gasteiger partial charge in [-0.3, -0.25) is 4.79 Å².